The number of hydrogen-bond donors (Lipinski definition) is 6. The number of fused-ring (bicyclic) bond motifs is 12. The number of phenolic OH excluding ortho intramolecular Hbond substituents is 3. The maximum Gasteiger partial charge on any atom is 0.312 e. The predicted molar refractivity (Wildman–Crippen MR) is 220 cm³/mol. The number of esters is 1. The van der Waals surface area contributed by atoms with E-state index in [0.717, 1.165) is 0 Å². The number of nitrogens with one attached hydrogen (secondary N) is 1. The van der Waals surface area contributed by atoms with Gasteiger partial charge in [-0.15, -0.1) is 0 Å². The summed E-state index contributed by atoms with van der Waals surface area (Å²) in [5.74, 6) is -8.41. The summed E-state index contributed by atoms with van der Waals surface area (Å²) in [7, 11) is 3.42. The molecule has 1 amide bonds. The summed E-state index contributed by atoms with van der Waals surface area (Å²) in [5.41, 5.74) is -0.365. The van der Waals surface area contributed by atoms with Crippen molar-refractivity contribution in [1.82, 2.24) is 9.91 Å². The number of epoxide rings is 1. The minimum absolute atomic E-state index is 0.0530. The van der Waals surface area contributed by atoms with Gasteiger partial charge in [-0.2, -0.15) is 5.10 Å². The summed E-state index contributed by atoms with van der Waals surface area (Å²) >= 11 is 0. The summed E-state index contributed by atoms with van der Waals surface area (Å²) in [5, 5.41) is 67.2. The van der Waals surface area contributed by atoms with Crippen LogP contribution in [0.5, 0.6) is 23.0 Å². The Morgan fingerprint density at radius 3 is 2.23 bits per heavy atom. The van der Waals surface area contributed by atoms with Crippen LogP contribution in [-0.4, -0.2) is 142 Å². The molecule has 2 aromatic carbocycles. The number of benzene rings is 2. The van der Waals surface area contributed by atoms with Crippen molar-refractivity contribution in [3.05, 3.63) is 40.7 Å². The highest BCUT2D eigenvalue weighted by atomic mass is 16.7. The molecule has 328 valence electrons. The quantitative estimate of drug-likeness (QED) is 0.0850. The Balaban J connectivity index is 1.50. The third-order valence-electron chi connectivity index (χ3n) is 12.6. The molecule has 60 heavy (non-hydrogen) atoms. The van der Waals surface area contributed by atoms with Crippen LogP contribution in [0.1, 0.15) is 70.0 Å². The van der Waals surface area contributed by atoms with Gasteiger partial charge in [0, 0.05) is 87.3 Å². The fourth-order valence-electron chi connectivity index (χ4n) is 8.57. The summed E-state index contributed by atoms with van der Waals surface area (Å²) in [6.07, 6.45) is 0.534. The molecule has 0 aromatic heterocycles. The molecule has 5 aliphatic rings. The molecule has 0 radical (unpaired) electrons. The van der Waals surface area contributed by atoms with Crippen LogP contribution in [-0.2, 0) is 28.5 Å². The number of hydrogen-bond acceptors (Lipinski definition) is 16. The van der Waals surface area contributed by atoms with E-state index in [-0.39, 0.29) is 44.5 Å². The maximum atomic E-state index is 14.5. The lowest BCUT2D eigenvalue weighted by molar-refractivity contribution is -0.160. The van der Waals surface area contributed by atoms with Crippen LogP contribution in [0.4, 0.5) is 5.69 Å². The van der Waals surface area contributed by atoms with Gasteiger partial charge in [-0.05, 0) is 33.0 Å². The Morgan fingerprint density at radius 1 is 0.950 bits per heavy atom. The van der Waals surface area contributed by atoms with E-state index in [2.05, 4.69) is 15.3 Å². The first-order valence-electron chi connectivity index (χ1n) is 20.3. The van der Waals surface area contributed by atoms with Crippen molar-refractivity contribution >= 4 is 40.3 Å². The van der Waals surface area contributed by atoms with Gasteiger partial charge >= 0.3 is 11.8 Å². The van der Waals surface area contributed by atoms with Gasteiger partial charge in [-0.25, -0.2) is 0 Å². The van der Waals surface area contributed by atoms with E-state index in [1.54, 1.807) is 38.8 Å². The Hall–Kier alpha value is -4.94. The lowest BCUT2D eigenvalue weighted by atomic mass is 9.77. The SMILES string of the molecule is CO[C@H]1/C=C/O[C@@]2(C)Oc3c(C)c(O)c4c(O)c(c(/C=N/N5CCN(C)CC5)c(O)c4c3C2=O)NC(=O)/C(C)=C\C2OC2[C@H](C)[C@H](O)[C@@H](C)[C@@H](O)[C@@H](C)[C@H](OC(C)=O)[C@@H]1C. The van der Waals surface area contributed by atoms with Gasteiger partial charge in [-0.3, -0.25) is 19.4 Å². The lowest BCUT2D eigenvalue weighted by Gasteiger charge is -2.38. The molecular weight excluding hydrogens is 780 g/mol. The summed E-state index contributed by atoms with van der Waals surface area (Å²) < 4.78 is 29.5. The number of carbonyl (C=O) groups excluding carboxylic acids is 3. The summed E-state index contributed by atoms with van der Waals surface area (Å²) in [6.45, 7) is 15.1. The molecule has 0 aliphatic carbocycles. The van der Waals surface area contributed by atoms with Crippen LogP contribution >= 0.6 is 0 Å². The van der Waals surface area contributed by atoms with Crippen molar-refractivity contribution in [3.8, 4) is 23.0 Å². The highest BCUT2D eigenvalue weighted by molar-refractivity contribution is 6.23. The van der Waals surface area contributed by atoms with Crippen LogP contribution in [0.2, 0.25) is 0 Å². The second kappa shape index (κ2) is 17.2. The van der Waals surface area contributed by atoms with Crippen molar-refractivity contribution in [2.45, 2.75) is 97.8 Å². The lowest BCUT2D eigenvalue weighted by Crippen LogP contribution is -2.47. The highest BCUT2D eigenvalue weighted by Crippen LogP contribution is 2.55. The molecular formula is C43H58N4O13. The molecule has 5 bridgehead atoms. The van der Waals surface area contributed by atoms with Crippen LogP contribution in [0.3, 0.4) is 0 Å². The molecule has 0 spiro atoms. The number of Topliss-reactive ketones (excluding diaryl/α,β-unsaturated/α-hetero) is 1. The number of piperazine rings is 1. The van der Waals surface area contributed by atoms with Gasteiger partial charge in [0.25, 0.3) is 11.7 Å². The number of phenols is 3. The number of likely N-dealkylation sites (N-methyl/N-ethyl adjacent to an activating group) is 1. The monoisotopic (exact) mass is 838 g/mol. The third kappa shape index (κ3) is 8.25. The number of amides is 1. The van der Waals surface area contributed by atoms with E-state index < -0.39 is 101 Å². The second-order valence-corrected chi connectivity index (χ2v) is 16.8. The first-order valence-corrected chi connectivity index (χ1v) is 20.3. The van der Waals surface area contributed by atoms with Crippen molar-refractivity contribution < 1.29 is 63.6 Å². The van der Waals surface area contributed by atoms with Crippen molar-refractivity contribution in [2.75, 3.05) is 45.7 Å². The third-order valence-corrected chi connectivity index (χ3v) is 12.6. The summed E-state index contributed by atoms with van der Waals surface area (Å²) in [4.78, 5) is 42.8. The fourth-order valence-corrected chi connectivity index (χ4v) is 8.57. The topological polar surface area (TPSA) is 233 Å². The largest absolute Gasteiger partial charge is 0.507 e. The van der Waals surface area contributed by atoms with E-state index in [4.69, 9.17) is 23.7 Å². The second-order valence-electron chi connectivity index (χ2n) is 16.8. The molecule has 17 heteroatoms. The van der Waals surface area contributed by atoms with Crippen LogP contribution in [0, 0.1) is 30.6 Å². The van der Waals surface area contributed by atoms with E-state index in [9.17, 15) is 39.9 Å². The number of hydrazone groups is 1. The van der Waals surface area contributed by atoms with Gasteiger partial charge in [0.2, 0.25) is 0 Å². The first kappa shape index (κ1) is 44.6. The number of ketones is 1. The number of ether oxygens (including phenoxy) is 5. The van der Waals surface area contributed by atoms with Crippen LogP contribution < -0.4 is 10.1 Å². The first-order chi connectivity index (χ1) is 28.2. The predicted octanol–water partition coefficient (Wildman–Crippen LogP) is 3.55. The van der Waals surface area contributed by atoms with Gasteiger partial charge in [0.05, 0.1) is 59.1 Å². The van der Waals surface area contributed by atoms with Gasteiger partial charge in [-0.1, -0.05) is 27.7 Å². The van der Waals surface area contributed by atoms with Crippen molar-refractivity contribution in [3.63, 3.8) is 0 Å². The zero-order valence-corrected chi connectivity index (χ0v) is 35.8. The van der Waals surface area contributed by atoms with E-state index in [0.29, 0.717) is 26.2 Å². The average Bonchev–Trinajstić information content (AvgIpc) is 3.93. The minimum Gasteiger partial charge on any atom is -0.507 e. The van der Waals surface area contributed by atoms with E-state index in [1.807, 2.05) is 7.05 Å². The Bertz CT molecular complexity index is 2110. The molecule has 2 fully saturated rings. The molecule has 2 saturated heterocycles. The van der Waals surface area contributed by atoms with Crippen molar-refractivity contribution in [2.24, 2.45) is 28.8 Å². The minimum atomic E-state index is -2.05. The number of aliphatic hydroxyl groups excluding tert-OH is 2. The summed E-state index contributed by atoms with van der Waals surface area (Å²) in [6, 6.07) is 0. The Labute approximate surface area is 349 Å². The Morgan fingerprint density at radius 2 is 1.60 bits per heavy atom. The molecule has 17 nitrogen and oxygen atoms in total. The maximum absolute atomic E-state index is 14.5. The van der Waals surface area contributed by atoms with Crippen LogP contribution in [0.25, 0.3) is 10.8 Å². The number of aliphatic hydroxyl groups is 2. The van der Waals surface area contributed by atoms with E-state index in [1.165, 1.54) is 53.4 Å². The number of methoxy groups -OCH3 is 1. The molecule has 5 heterocycles. The zero-order chi connectivity index (χ0) is 44.1. The van der Waals surface area contributed by atoms with Gasteiger partial charge in [0.15, 0.2) is 5.75 Å². The van der Waals surface area contributed by atoms with Gasteiger partial charge < -0.3 is 59.4 Å². The van der Waals surface area contributed by atoms with E-state index >= 15 is 0 Å². The average molecular weight is 839 g/mol. The molecule has 0 saturated carbocycles. The number of nitrogens with zero attached hydrogens (tertiary/aromatic N) is 3. The number of aromatic hydroxyl groups is 3. The van der Waals surface area contributed by atoms with Gasteiger partial charge in [0.1, 0.15) is 29.5 Å². The normalized spacial score (nSPS) is 34.5. The molecule has 5 aliphatic heterocycles. The fraction of sp³-hybridized carbons (Fsp3) is 0.581. The highest BCUT2D eigenvalue weighted by Gasteiger charge is 2.51. The number of rotatable bonds is 4. The molecule has 7 rings (SSSR count). The molecule has 6 N–H and O–H groups in total. The molecule has 2 unspecified atom stereocenters. The molecule has 2 aromatic rings. The standard InChI is InChI=1S/C43H58N4O13/c1-19-17-28-39(59-28)23(5)34(50)21(3)33(49)22(4)38(58-25(7)48)20(2)27(56-10)11-16-57-43(8)41(54)31-29-30(35(51)24(6)40(31)60-43)37(53)32(45-42(19)55)26(36(29)52)18-44-47-14-12-46(9)13-15-47/h11,16-18,20-23,27-28,33-34,38-39,49-53H,12-15H2,1-10H3,(H,45,55)/b16-11+,19-17-,44-18+/t20-,21+,22-,23-,27+,28?,33-,34-,38-,39?,43+/m1/s1. The Kier molecular flexibility index (Phi) is 12.8. The van der Waals surface area contributed by atoms with Crippen LogP contribution in [0.15, 0.2) is 29.1 Å². The number of anilines is 1. The zero-order valence-electron chi connectivity index (χ0n) is 35.8. The van der Waals surface area contributed by atoms with Crippen molar-refractivity contribution in [1.29, 1.82) is 0 Å². The molecule has 11 atom stereocenters. The number of carbonyl (C=O) groups is 3. The smallest absolute Gasteiger partial charge is 0.312 e.